The summed E-state index contributed by atoms with van der Waals surface area (Å²) in [4.78, 5) is 0. The Hall–Kier alpha value is -0.770. The fraction of sp³-hybridized carbons (Fsp3) is 0.538. The monoisotopic (exact) mass is 256 g/mol. The summed E-state index contributed by atoms with van der Waals surface area (Å²) in [6.45, 7) is 0.802. The van der Waals surface area contributed by atoms with Gasteiger partial charge in [-0.05, 0) is 36.1 Å². The summed E-state index contributed by atoms with van der Waals surface area (Å²) >= 11 is 6.04. The number of aliphatic hydroxyl groups excluding tert-OH is 2. The van der Waals surface area contributed by atoms with Crippen molar-refractivity contribution < 1.29 is 14.9 Å². The molecule has 4 heteroatoms. The minimum atomic E-state index is -0.450. The molecule has 94 valence electrons. The molecular formula is C13H17ClO3. The van der Waals surface area contributed by atoms with Crippen LogP contribution in [0.5, 0.6) is 5.75 Å². The van der Waals surface area contributed by atoms with Crippen LogP contribution >= 0.6 is 11.6 Å². The van der Waals surface area contributed by atoms with Gasteiger partial charge in [0, 0.05) is 24.5 Å². The smallest absolute Gasteiger partial charge is 0.126 e. The first-order valence-corrected chi connectivity index (χ1v) is 6.31. The molecule has 0 aliphatic carbocycles. The van der Waals surface area contributed by atoms with E-state index in [1.54, 1.807) is 0 Å². The molecule has 2 N–H and O–H groups in total. The van der Waals surface area contributed by atoms with E-state index >= 15 is 0 Å². The van der Waals surface area contributed by atoms with E-state index < -0.39 is 6.10 Å². The number of halogens is 1. The number of hydrogen-bond donors (Lipinski definition) is 2. The van der Waals surface area contributed by atoms with Gasteiger partial charge in [0.15, 0.2) is 0 Å². The van der Waals surface area contributed by atoms with Crippen LogP contribution in [0.2, 0.25) is 5.02 Å². The molecule has 0 fully saturated rings. The van der Waals surface area contributed by atoms with Gasteiger partial charge in [-0.25, -0.2) is 0 Å². The fourth-order valence-electron chi connectivity index (χ4n) is 2.18. The second-order valence-electron chi connectivity index (χ2n) is 4.38. The third-order valence-corrected chi connectivity index (χ3v) is 3.19. The van der Waals surface area contributed by atoms with Crippen molar-refractivity contribution in [2.24, 2.45) is 0 Å². The van der Waals surface area contributed by atoms with E-state index in [2.05, 4.69) is 0 Å². The van der Waals surface area contributed by atoms with Crippen LogP contribution in [0.25, 0.3) is 0 Å². The van der Waals surface area contributed by atoms with Crippen LogP contribution in [-0.4, -0.2) is 29.5 Å². The maximum Gasteiger partial charge on any atom is 0.126 e. The van der Waals surface area contributed by atoms with E-state index in [9.17, 15) is 5.11 Å². The SMILES string of the molecule is OCCCC(O)Cc1cc(Cl)cc2c1OCC2. The van der Waals surface area contributed by atoms with Gasteiger partial charge in [0.1, 0.15) is 5.75 Å². The average molecular weight is 257 g/mol. The fourth-order valence-corrected chi connectivity index (χ4v) is 2.44. The third kappa shape index (κ3) is 3.12. The molecule has 1 aliphatic rings. The van der Waals surface area contributed by atoms with Crippen molar-refractivity contribution in [1.82, 2.24) is 0 Å². The zero-order chi connectivity index (χ0) is 12.3. The zero-order valence-corrected chi connectivity index (χ0v) is 10.4. The first kappa shape index (κ1) is 12.7. The molecule has 0 saturated heterocycles. The summed E-state index contributed by atoms with van der Waals surface area (Å²) in [7, 11) is 0. The molecule has 0 spiro atoms. The van der Waals surface area contributed by atoms with Gasteiger partial charge in [-0.2, -0.15) is 0 Å². The highest BCUT2D eigenvalue weighted by molar-refractivity contribution is 6.30. The van der Waals surface area contributed by atoms with Gasteiger partial charge in [-0.1, -0.05) is 11.6 Å². The molecule has 2 rings (SSSR count). The second kappa shape index (κ2) is 5.71. The lowest BCUT2D eigenvalue weighted by molar-refractivity contribution is 0.149. The molecule has 0 bridgehead atoms. The normalized spacial score (nSPS) is 15.5. The second-order valence-corrected chi connectivity index (χ2v) is 4.81. The Kier molecular flexibility index (Phi) is 4.26. The molecule has 0 radical (unpaired) electrons. The van der Waals surface area contributed by atoms with Crippen LogP contribution < -0.4 is 4.74 Å². The van der Waals surface area contributed by atoms with E-state index in [0.717, 1.165) is 23.3 Å². The van der Waals surface area contributed by atoms with Crippen molar-refractivity contribution in [3.63, 3.8) is 0 Å². The standard InChI is InChI=1S/C13H17ClO3/c14-11-6-9-3-5-17-13(9)10(7-11)8-12(16)2-1-4-15/h6-7,12,15-16H,1-5,8H2. The van der Waals surface area contributed by atoms with Crippen LogP contribution in [0, 0.1) is 0 Å². The number of ether oxygens (including phenoxy) is 1. The lowest BCUT2D eigenvalue weighted by atomic mass is 10.0. The van der Waals surface area contributed by atoms with Crippen LogP contribution in [0.3, 0.4) is 0 Å². The molecule has 1 aromatic carbocycles. The lowest BCUT2D eigenvalue weighted by Crippen LogP contribution is -2.11. The highest BCUT2D eigenvalue weighted by atomic mass is 35.5. The average Bonchev–Trinajstić information content (AvgIpc) is 2.74. The van der Waals surface area contributed by atoms with Gasteiger partial charge < -0.3 is 14.9 Å². The van der Waals surface area contributed by atoms with Gasteiger partial charge in [0.05, 0.1) is 12.7 Å². The van der Waals surface area contributed by atoms with E-state index in [1.165, 1.54) is 0 Å². The van der Waals surface area contributed by atoms with Crippen LogP contribution in [0.4, 0.5) is 0 Å². The van der Waals surface area contributed by atoms with Gasteiger partial charge in [0.2, 0.25) is 0 Å². The Morgan fingerprint density at radius 1 is 1.41 bits per heavy atom. The number of rotatable bonds is 5. The number of aliphatic hydroxyl groups is 2. The summed E-state index contributed by atoms with van der Waals surface area (Å²) in [5.74, 6) is 0.887. The van der Waals surface area contributed by atoms with E-state index in [1.807, 2.05) is 12.1 Å². The minimum Gasteiger partial charge on any atom is -0.493 e. The molecule has 0 amide bonds. The quantitative estimate of drug-likeness (QED) is 0.847. The van der Waals surface area contributed by atoms with Crippen molar-refractivity contribution in [3.05, 3.63) is 28.3 Å². The molecule has 1 unspecified atom stereocenters. The van der Waals surface area contributed by atoms with Gasteiger partial charge in [-0.3, -0.25) is 0 Å². The summed E-state index contributed by atoms with van der Waals surface area (Å²) in [6, 6.07) is 3.78. The number of hydrogen-bond acceptors (Lipinski definition) is 3. The summed E-state index contributed by atoms with van der Waals surface area (Å²) in [6.07, 6.45) is 2.18. The zero-order valence-electron chi connectivity index (χ0n) is 9.66. The highest BCUT2D eigenvalue weighted by Crippen LogP contribution is 2.33. The molecule has 1 aromatic rings. The van der Waals surface area contributed by atoms with Gasteiger partial charge in [0.25, 0.3) is 0 Å². The van der Waals surface area contributed by atoms with Crippen molar-refractivity contribution in [2.45, 2.75) is 31.8 Å². The summed E-state index contributed by atoms with van der Waals surface area (Å²) in [5.41, 5.74) is 2.09. The summed E-state index contributed by atoms with van der Waals surface area (Å²) < 4.78 is 5.57. The van der Waals surface area contributed by atoms with Crippen LogP contribution in [0.15, 0.2) is 12.1 Å². The van der Waals surface area contributed by atoms with Crippen molar-refractivity contribution in [2.75, 3.05) is 13.2 Å². The molecule has 0 saturated carbocycles. The van der Waals surface area contributed by atoms with Crippen LogP contribution in [0.1, 0.15) is 24.0 Å². The number of fused-ring (bicyclic) bond motifs is 1. The Morgan fingerprint density at radius 3 is 3.00 bits per heavy atom. The predicted octanol–water partition coefficient (Wildman–Crippen LogP) is 1.95. The molecule has 0 aromatic heterocycles. The van der Waals surface area contributed by atoms with E-state index in [-0.39, 0.29) is 6.61 Å². The molecule has 17 heavy (non-hydrogen) atoms. The molecule has 1 heterocycles. The van der Waals surface area contributed by atoms with Crippen molar-refractivity contribution >= 4 is 11.6 Å². The topological polar surface area (TPSA) is 49.7 Å². The van der Waals surface area contributed by atoms with Crippen LogP contribution in [-0.2, 0) is 12.8 Å². The first-order valence-electron chi connectivity index (χ1n) is 5.93. The van der Waals surface area contributed by atoms with Crippen molar-refractivity contribution in [3.8, 4) is 5.75 Å². The van der Waals surface area contributed by atoms with Gasteiger partial charge in [-0.15, -0.1) is 0 Å². The maximum atomic E-state index is 9.85. The Balaban J connectivity index is 2.10. The summed E-state index contributed by atoms with van der Waals surface area (Å²) in [5, 5.41) is 19.3. The van der Waals surface area contributed by atoms with Crippen molar-refractivity contribution in [1.29, 1.82) is 0 Å². The Bertz CT molecular complexity index is 392. The Labute approximate surface area is 106 Å². The van der Waals surface area contributed by atoms with E-state index in [4.69, 9.17) is 21.4 Å². The molecular weight excluding hydrogens is 240 g/mol. The van der Waals surface area contributed by atoms with Gasteiger partial charge >= 0.3 is 0 Å². The highest BCUT2D eigenvalue weighted by Gasteiger charge is 2.19. The first-order chi connectivity index (χ1) is 8.20. The largest absolute Gasteiger partial charge is 0.493 e. The molecule has 1 aliphatic heterocycles. The number of benzene rings is 1. The molecule has 3 nitrogen and oxygen atoms in total. The lowest BCUT2D eigenvalue weighted by Gasteiger charge is -2.13. The third-order valence-electron chi connectivity index (χ3n) is 2.98. The maximum absolute atomic E-state index is 9.85. The Morgan fingerprint density at radius 2 is 2.24 bits per heavy atom. The minimum absolute atomic E-state index is 0.112. The molecule has 1 atom stereocenters. The predicted molar refractivity (Wildman–Crippen MR) is 66.7 cm³/mol. The van der Waals surface area contributed by atoms with E-state index in [0.29, 0.717) is 30.9 Å².